The third-order valence-electron chi connectivity index (χ3n) is 1.26. The van der Waals surface area contributed by atoms with Crippen LogP contribution in [0.3, 0.4) is 0 Å². The maximum absolute atomic E-state index is 11.9. The van der Waals surface area contributed by atoms with Gasteiger partial charge in [-0.2, -0.15) is 0 Å². The number of hydrogen-bond acceptors (Lipinski definition) is 1. The first-order valence-corrected chi connectivity index (χ1v) is 4.00. The van der Waals surface area contributed by atoms with Gasteiger partial charge in [0, 0.05) is 0 Å². The molecular weight excluding hydrogens is 205 g/mol. The van der Waals surface area contributed by atoms with Crippen LogP contribution in [0.4, 0.5) is 12.9 Å². The van der Waals surface area contributed by atoms with Crippen molar-refractivity contribution in [2.45, 2.75) is 20.8 Å². The molecule has 0 radical (unpaired) electrons. The molecule has 0 saturated heterocycles. The predicted molar refractivity (Wildman–Crippen MR) is 46.0 cm³/mol. The molecule has 0 aliphatic carbocycles. The van der Waals surface area contributed by atoms with Crippen LogP contribution in [0.1, 0.15) is 20.8 Å². The van der Waals surface area contributed by atoms with Crippen molar-refractivity contribution in [3.63, 3.8) is 0 Å². The molecule has 0 spiro atoms. The molecule has 1 nitrogen and oxygen atoms in total. The number of hydrogen-bond donors (Lipinski definition) is 0. The fourth-order valence-electron chi connectivity index (χ4n) is 1.23. The summed E-state index contributed by atoms with van der Waals surface area (Å²) in [6, 6.07) is 0. The van der Waals surface area contributed by atoms with E-state index in [1.807, 2.05) is 20.8 Å². The van der Waals surface area contributed by atoms with Crippen molar-refractivity contribution in [3.8, 4) is 0 Å². The van der Waals surface area contributed by atoms with Crippen molar-refractivity contribution in [1.29, 1.82) is 0 Å². The van der Waals surface area contributed by atoms with Gasteiger partial charge in [0.05, 0.1) is 0 Å². The smallest absolute Gasteiger partial charge is 0.448 e. The monoisotopic (exact) mass is 221 g/mol. The Morgan fingerprint density at radius 1 is 1.15 bits per heavy atom. The van der Waals surface area contributed by atoms with E-state index in [2.05, 4.69) is 0 Å². The molecule has 6 heteroatoms. The third-order valence-corrected chi connectivity index (χ3v) is 1.26. The molecule has 74 valence electrons. The van der Waals surface area contributed by atoms with Gasteiger partial charge in [0.15, 0.2) is 0 Å². The molecule has 0 fully saturated rings. The average Bonchev–Trinajstić information content (AvgIpc) is 1.49. The molecule has 0 N–H and O–H groups in total. The van der Waals surface area contributed by atoms with E-state index in [4.69, 9.17) is 0 Å². The SMILES string of the molecule is CN(C[B-](F)(F)F)CC(C)(C)C.[K+]. The first kappa shape index (κ1) is 16.9. The van der Waals surface area contributed by atoms with Crippen LogP contribution in [0, 0.1) is 5.41 Å². The Balaban J connectivity index is 0. The van der Waals surface area contributed by atoms with Crippen LogP contribution in [0.2, 0.25) is 0 Å². The second kappa shape index (κ2) is 6.13. The normalized spacial score (nSPS) is 12.9. The van der Waals surface area contributed by atoms with Crippen molar-refractivity contribution in [3.05, 3.63) is 0 Å². The summed E-state index contributed by atoms with van der Waals surface area (Å²) >= 11 is 0. The van der Waals surface area contributed by atoms with Crippen molar-refractivity contribution in [2.24, 2.45) is 5.41 Å². The minimum Gasteiger partial charge on any atom is -0.448 e. The Bertz CT molecular complexity index is 128. The quantitative estimate of drug-likeness (QED) is 0.573. The summed E-state index contributed by atoms with van der Waals surface area (Å²) < 4.78 is 35.7. The molecule has 0 aliphatic heterocycles. The van der Waals surface area contributed by atoms with E-state index in [9.17, 15) is 12.9 Å². The van der Waals surface area contributed by atoms with Crippen LogP contribution in [0.15, 0.2) is 0 Å². The Morgan fingerprint density at radius 2 is 1.54 bits per heavy atom. The molecule has 0 aromatic heterocycles. The molecule has 0 aromatic rings. The van der Waals surface area contributed by atoms with Crippen molar-refractivity contribution >= 4 is 6.98 Å². The van der Waals surface area contributed by atoms with Crippen LogP contribution < -0.4 is 51.4 Å². The zero-order chi connectivity index (χ0) is 9.99. The standard InChI is InChI=1S/C7H16BF3N.K/c1-7(2,3)5-12(4)6-8(9,10)11;/h5-6H2,1-4H3;/q-1;+1. The maximum atomic E-state index is 11.9. The molecule has 0 unspecified atom stereocenters. The van der Waals surface area contributed by atoms with Crippen LogP contribution in [0.5, 0.6) is 0 Å². The minimum atomic E-state index is -4.67. The predicted octanol–water partition coefficient (Wildman–Crippen LogP) is -0.645. The molecule has 0 amide bonds. The molecule has 0 heterocycles. The van der Waals surface area contributed by atoms with Gasteiger partial charge in [-0.3, -0.25) is 0 Å². The molecule has 13 heavy (non-hydrogen) atoms. The zero-order valence-corrected chi connectivity index (χ0v) is 12.2. The Morgan fingerprint density at radius 3 is 1.77 bits per heavy atom. The van der Waals surface area contributed by atoms with Gasteiger partial charge in [-0.1, -0.05) is 20.8 Å². The van der Waals surface area contributed by atoms with E-state index >= 15 is 0 Å². The van der Waals surface area contributed by atoms with E-state index in [0.717, 1.165) is 0 Å². The van der Waals surface area contributed by atoms with Gasteiger partial charge >= 0.3 is 58.4 Å². The molecule has 0 bridgehead atoms. The number of rotatable bonds is 3. The van der Waals surface area contributed by atoms with Crippen molar-refractivity contribution in [2.75, 3.05) is 20.0 Å². The molecule has 0 saturated carbocycles. The molecule has 0 aromatic carbocycles. The summed E-state index contributed by atoms with van der Waals surface area (Å²) in [7, 11) is 1.50. The van der Waals surface area contributed by atoms with Gasteiger partial charge in [-0.05, 0) is 25.5 Å². The number of nitrogens with zero attached hydrogens (tertiary/aromatic N) is 1. The third kappa shape index (κ3) is 13.5. The van der Waals surface area contributed by atoms with Gasteiger partial charge in [0.25, 0.3) is 0 Å². The topological polar surface area (TPSA) is 3.24 Å². The first-order chi connectivity index (χ1) is 5.10. The van der Waals surface area contributed by atoms with Crippen LogP contribution in [-0.2, 0) is 0 Å². The maximum Gasteiger partial charge on any atom is 1.00 e. The fourth-order valence-corrected chi connectivity index (χ4v) is 1.23. The van der Waals surface area contributed by atoms with Gasteiger partial charge < -0.3 is 17.8 Å². The molecule has 0 rings (SSSR count). The molecule has 0 atom stereocenters. The molecular formula is C7H16BF3KN. The van der Waals surface area contributed by atoms with Crippen molar-refractivity contribution in [1.82, 2.24) is 4.90 Å². The molecule has 0 aliphatic rings. The summed E-state index contributed by atoms with van der Waals surface area (Å²) in [5.74, 6) is 0. The van der Waals surface area contributed by atoms with E-state index in [0.29, 0.717) is 6.54 Å². The summed E-state index contributed by atoms with van der Waals surface area (Å²) in [6.07, 6.45) is -0.767. The zero-order valence-electron chi connectivity index (χ0n) is 9.07. The Kier molecular flexibility index (Phi) is 7.95. The van der Waals surface area contributed by atoms with Crippen LogP contribution >= 0.6 is 0 Å². The van der Waals surface area contributed by atoms with Crippen molar-refractivity contribution < 1.29 is 64.3 Å². The minimum absolute atomic E-state index is 0. The van der Waals surface area contributed by atoms with Gasteiger partial charge in [0.2, 0.25) is 0 Å². The Labute approximate surface area is 121 Å². The van der Waals surface area contributed by atoms with E-state index in [1.54, 1.807) is 0 Å². The van der Waals surface area contributed by atoms with E-state index in [1.165, 1.54) is 11.9 Å². The van der Waals surface area contributed by atoms with Gasteiger partial charge in [-0.15, -0.1) is 0 Å². The summed E-state index contributed by atoms with van der Waals surface area (Å²) in [6.45, 7) is 1.56. The summed E-state index contributed by atoms with van der Waals surface area (Å²) in [5.41, 5.74) is -0.0733. The second-order valence-corrected chi connectivity index (χ2v) is 4.47. The fraction of sp³-hybridized carbons (Fsp3) is 1.00. The van der Waals surface area contributed by atoms with Crippen LogP contribution in [-0.4, -0.2) is 31.9 Å². The Hall–Kier alpha value is 1.45. The largest absolute Gasteiger partial charge is 1.00 e. The summed E-state index contributed by atoms with van der Waals surface area (Å²) in [5, 5.41) is 0. The van der Waals surface area contributed by atoms with Gasteiger partial charge in [-0.25, -0.2) is 0 Å². The van der Waals surface area contributed by atoms with E-state index < -0.39 is 13.4 Å². The number of halogens is 3. The first-order valence-electron chi connectivity index (χ1n) is 4.00. The van der Waals surface area contributed by atoms with Crippen LogP contribution in [0.25, 0.3) is 0 Å². The summed E-state index contributed by atoms with van der Waals surface area (Å²) in [4.78, 5) is 1.32. The van der Waals surface area contributed by atoms with Gasteiger partial charge in [0.1, 0.15) is 0 Å². The second-order valence-electron chi connectivity index (χ2n) is 4.47. The van der Waals surface area contributed by atoms with E-state index in [-0.39, 0.29) is 56.8 Å². The average molecular weight is 221 g/mol.